The predicted molar refractivity (Wildman–Crippen MR) is 151 cm³/mol. The summed E-state index contributed by atoms with van der Waals surface area (Å²) in [5.74, 6) is 4.14. The number of hydrogen-bond donors (Lipinski definition) is 0. The van der Waals surface area contributed by atoms with Crippen LogP contribution in [0.25, 0.3) is 11.3 Å². The van der Waals surface area contributed by atoms with E-state index in [4.69, 9.17) is 18.9 Å². The Labute approximate surface area is 229 Å². The highest BCUT2D eigenvalue weighted by molar-refractivity contribution is 9.09. The summed E-state index contributed by atoms with van der Waals surface area (Å²) in [5.41, 5.74) is 8.26. The lowest BCUT2D eigenvalue weighted by atomic mass is 9.76. The summed E-state index contributed by atoms with van der Waals surface area (Å²) in [5, 5.41) is 1.08. The van der Waals surface area contributed by atoms with E-state index in [0.717, 1.165) is 47.7 Å². The summed E-state index contributed by atoms with van der Waals surface area (Å²) in [7, 11) is 3.55. The number of rotatable bonds is 9. The van der Waals surface area contributed by atoms with Crippen molar-refractivity contribution in [3.05, 3.63) is 46.5 Å². The van der Waals surface area contributed by atoms with E-state index in [9.17, 15) is 0 Å². The molecule has 1 saturated carbocycles. The third-order valence-corrected chi connectivity index (χ3v) is 9.31. The maximum atomic E-state index is 6.12. The van der Waals surface area contributed by atoms with Crippen molar-refractivity contribution in [3.63, 3.8) is 0 Å². The van der Waals surface area contributed by atoms with Crippen LogP contribution in [-0.2, 0) is 6.42 Å². The highest BCUT2D eigenvalue weighted by atomic mass is 79.9. The van der Waals surface area contributed by atoms with Gasteiger partial charge in [-0.2, -0.15) is 0 Å². The zero-order valence-corrected chi connectivity index (χ0v) is 23.7. The van der Waals surface area contributed by atoms with E-state index in [2.05, 4.69) is 45.1 Å². The van der Waals surface area contributed by atoms with Crippen molar-refractivity contribution in [3.8, 4) is 23.0 Å². The molecule has 198 valence electrons. The molecule has 1 atom stereocenters. The van der Waals surface area contributed by atoms with Gasteiger partial charge in [-0.3, -0.25) is 0 Å². The Bertz CT molecular complexity index is 1190. The minimum atomic E-state index is 0.299. The first kappa shape index (κ1) is 25.0. The van der Waals surface area contributed by atoms with E-state index in [1.165, 1.54) is 84.9 Å². The standard InChI is InChI=1S/C31H38BrNO4/c1-34-25-13-12-22-23(11-5-3-4-8-15-32)30-24-18-27-26(36-19-37-27)17-21(24)14-16-33(30)29(20-9-6-7-10-20)28(22)31(25)35-2/h12-13,17-18,20,29H,3-11,14-16,19H2,1-2H3. The van der Waals surface area contributed by atoms with Crippen LogP contribution < -0.4 is 18.9 Å². The normalized spacial score (nSPS) is 20.1. The molecule has 6 rings (SSSR count). The van der Waals surface area contributed by atoms with Crippen LogP contribution >= 0.6 is 15.9 Å². The minimum Gasteiger partial charge on any atom is -0.493 e. The minimum absolute atomic E-state index is 0.299. The molecule has 0 amide bonds. The molecule has 6 heteroatoms. The van der Waals surface area contributed by atoms with Crippen LogP contribution in [0.15, 0.2) is 24.3 Å². The number of ether oxygens (including phenoxy) is 4. The van der Waals surface area contributed by atoms with Gasteiger partial charge in [-0.25, -0.2) is 0 Å². The molecule has 0 radical (unpaired) electrons. The fourth-order valence-corrected chi connectivity index (χ4v) is 7.49. The molecule has 0 spiro atoms. The molecule has 2 aromatic carbocycles. The van der Waals surface area contributed by atoms with E-state index in [0.29, 0.717) is 18.8 Å². The van der Waals surface area contributed by atoms with Gasteiger partial charge in [0.2, 0.25) is 6.79 Å². The van der Waals surface area contributed by atoms with Crippen molar-refractivity contribution in [2.75, 3.05) is 32.9 Å². The highest BCUT2D eigenvalue weighted by Gasteiger charge is 2.43. The number of alkyl halides is 1. The van der Waals surface area contributed by atoms with Crippen molar-refractivity contribution in [2.45, 2.75) is 70.3 Å². The molecule has 5 nitrogen and oxygen atoms in total. The Morgan fingerprint density at radius 3 is 2.49 bits per heavy atom. The van der Waals surface area contributed by atoms with Gasteiger partial charge in [0, 0.05) is 28.7 Å². The van der Waals surface area contributed by atoms with E-state index in [-0.39, 0.29) is 0 Å². The average Bonchev–Trinajstić information content (AvgIpc) is 3.62. The smallest absolute Gasteiger partial charge is 0.231 e. The Kier molecular flexibility index (Phi) is 7.29. The van der Waals surface area contributed by atoms with Crippen molar-refractivity contribution in [1.29, 1.82) is 0 Å². The van der Waals surface area contributed by atoms with E-state index in [1.54, 1.807) is 14.2 Å². The Balaban J connectivity index is 1.54. The lowest BCUT2D eigenvalue weighted by Gasteiger charge is -2.48. The van der Waals surface area contributed by atoms with Gasteiger partial charge >= 0.3 is 0 Å². The number of allylic oxidation sites excluding steroid dienone is 1. The van der Waals surface area contributed by atoms with Gasteiger partial charge in [-0.15, -0.1) is 0 Å². The van der Waals surface area contributed by atoms with Crippen molar-refractivity contribution in [1.82, 2.24) is 4.90 Å². The molecule has 3 aliphatic heterocycles. The average molecular weight is 569 g/mol. The molecule has 1 fully saturated rings. The number of hydrogen-bond acceptors (Lipinski definition) is 5. The van der Waals surface area contributed by atoms with Crippen molar-refractivity contribution >= 4 is 27.2 Å². The topological polar surface area (TPSA) is 40.2 Å². The molecule has 37 heavy (non-hydrogen) atoms. The summed E-state index contributed by atoms with van der Waals surface area (Å²) in [4.78, 5) is 2.73. The Hall–Kier alpha value is -2.34. The molecule has 0 aromatic heterocycles. The molecule has 0 saturated heterocycles. The van der Waals surface area contributed by atoms with Gasteiger partial charge in [0.1, 0.15) is 0 Å². The fourth-order valence-electron chi connectivity index (χ4n) is 7.09. The second kappa shape index (κ2) is 10.8. The predicted octanol–water partition coefficient (Wildman–Crippen LogP) is 7.75. The number of fused-ring (bicyclic) bond motifs is 5. The third-order valence-electron chi connectivity index (χ3n) is 8.75. The molecule has 0 N–H and O–H groups in total. The van der Waals surface area contributed by atoms with Crippen LogP contribution in [0.5, 0.6) is 23.0 Å². The summed E-state index contributed by atoms with van der Waals surface area (Å²) in [6, 6.07) is 9.19. The summed E-state index contributed by atoms with van der Waals surface area (Å²) < 4.78 is 23.6. The number of nitrogens with zero attached hydrogens (tertiary/aromatic N) is 1. The second-order valence-electron chi connectivity index (χ2n) is 10.7. The van der Waals surface area contributed by atoms with Crippen LogP contribution in [-0.4, -0.2) is 37.8 Å². The number of unbranched alkanes of at least 4 members (excludes halogenated alkanes) is 3. The summed E-state index contributed by atoms with van der Waals surface area (Å²) in [6.07, 6.45) is 12.1. The molecule has 1 aliphatic carbocycles. The van der Waals surface area contributed by atoms with Crippen LogP contribution in [0.1, 0.15) is 86.1 Å². The summed E-state index contributed by atoms with van der Waals surface area (Å²) in [6.45, 7) is 1.32. The maximum Gasteiger partial charge on any atom is 0.231 e. The molecule has 1 unspecified atom stereocenters. The van der Waals surface area contributed by atoms with Crippen LogP contribution in [0.2, 0.25) is 0 Å². The fraction of sp³-hybridized carbons (Fsp3) is 0.548. The molecular formula is C31H38BrNO4. The molecule has 4 aliphatic rings. The van der Waals surface area contributed by atoms with E-state index >= 15 is 0 Å². The quantitative estimate of drug-likeness (QED) is 0.229. The van der Waals surface area contributed by atoms with Crippen LogP contribution in [0.4, 0.5) is 0 Å². The van der Waals surface area contributed by atoms with Gasteiger partial charge in [-0.05, 0) is 79.3 Å². The number of benzene rings is 2. The SMILES string of the molecule is COc1ccc2c(c1OC)C(C1CCCC1)N1CCc3cc4c(cc3C1=C2CCCCCCBr)OCO4. The van der Waals surface area contributed by atoms with Crippen LogP contribution in [0, 0.1) is 5.92 Å². The van der Waals surface area contributed by atoms with E-state index in [1.807, 2.05) is 0 Å². The second-order valence-corrected chi connectivity index (χ2v) is 11.5. The number of methoxy groups -OCH3 is 2. The number of halogens is 1. The van der Waals surface area contributed by atoms with E-state index < -0.39 is 0 Å². The van der Waals surface area contributed by atoms with Crippen molar-refractivity contribution in [2.24, 2.45) is 5.92 Å². The zero-order chi connectivity index (χ0) is 25.4. The van der Waals surface area contributed by atoms with Gasteiger partial charge in [0.15, 0.2) is 23.0 Å². The summed E-state index contributed by atoms with van der Waals surface area (Å²) >= 11 is 3.59. The first-order chi connectivity index (χ1) is 18.2. The van der Waals surface area contributed by atoms with Gasteiger partial charge in [0.05, 0.1) is 20.3 Å². The third kappa shape index (κ3) is 4.39. The van der Waals surface area contributed by atoms with Gasteiger partial charge < -0.3 is 23.8 Å². The molecular weight excluding hydrogens is 530 g/mol. The Morgan fingerprint density at radius 1 is 0.946 bits per heavy atom. The first-order valence-electron chi connectivity index (χ1n) is 14.0. The van der Waals surface area contributed by atoms with Gasteiger partial charge in [-0.1, -0.05) is 47.7 Å². The maximum absolute atomic E-state index is 6.12. The molecule has 2 aromatic rings. The lowest BCUT2D eigenvalue weighted by molar-refractivity contribution is 0.174. The lowest BCUT2D eigenvalue weighted by Crippen LogP contribution is -2.40. The van der Waals surface area contributed by atoms with Crippen LogP contribution in [0.3, 0.4) is 0 Å². The molecule has 0 bridgehead atoms. The van der Waals surface area contributed by atoms with Crippen molar-refractivity contribution < 1.29 is 18.9 Å². The Morgan fingerprint density at radius 2 is 1.73 bits per heavy atom. The largest absolute Gasteiger partial charge is 0.493 e. The first-order valence-corrected chi connectivity index (χ1v) is 15.1. The van der Waals surface area contributed by atoms with Gasteiger partial charge in [0.25, 0.3) is 0 Å². The monoisotopic (exact) mass is 567 g/mol. The highest BCUT2D eigenvalue weighted by Crippen LogP contribution is 2.57. The zero-order valence-electron chi connectivity index (χ0n) is 22.1. The molecule has 3 heterocycles.